The molecule has 1 aliphatic rings. The molecule has 1 fully saturated rings. The maximum Gasteiger partial charge on any atom is 0.417 e. The Hall–Kier alpha value is -1.06. The Morgan fingerprint density at radius 2 is 1.82 bits per heavy atom. The van der Waals surface area contributed by atoms with Gasteiger partial charge in [-0.3, -0.25) is 0 Å². The van der Waals surface area contributed by atoms with Gasteiger partial charge in [-0.25, -0.2) is 9.59 Å². The highest BCUT2D eigenvalue weighted by molar-refractivity contribution is 6.28. The van der Waals surface area contributed by atoms with Crippen molar-refractivity contribution in [2.24, 2.45) is 0 Å². The molecule has 0 aliphatic heterocycles. The molecule has 0 unspecified atom stereocenters. The largest absolute Gasteiger partial charge is 0.473 e. The van der Waals surface area contributed by atoms with Crippen LogP contribution in [0.3, 0.4) is 0 Å². The molecule has 0 bridgehead atoms. The third-order valence-electron chi connectivity index (χ3n) is 1.75. The zero-order valence-corrected chi connectivity index (χ0v) is 6.08. The smallest absolute Gasteiger partial charge is 0.417 e. The van der Waals surface area contributed by atoms with Crippen LogP contribution in [0.1, 0.15) is 25.7 Å². The fraction of sp³-hybridized carbons (Fsp3) is 0.714. The van der Waals surface area contributed by atoms with Gasteiger partial charge in [0.2, 0.25) is 0 Å². The summed E-state index contributed by atoms with van der Waals surface area (Å²) < 4.78 is 4.63. The Morgan fingerprint density at radius 3 is 2.27 bits per heavy atom. The molecule has 0 aromatic heterocycles. The number of aliphatic carboxylic acids is 1. The van der Waals surface area contributed by atoms with Gasteiger partial charge in [0, 0.05) is 0 Å². The second-order valence-electron chi connectivity index (χ2n) is 2.62. The van der Waals surface area contributed by atoms with Crippen LogP contribution in [0.2, 0.25) is 0 Å². The molecule has 4 nitrogen and oxygen atoms in total. The number of hydrogen-bond acceptors (Lipinski definition) is 3. The molecule has 1 rings (SSSR count). The van der Waals surface area contributed by atoms with Gasteiger partial charge in [0.1, 0.15) is 6.10 Å². The average molecular weight is 158 g/mol. The van der Waals surface area contributed by atoms with Crippen molar-refractivity contribution in [1.82, 2.24) is 0 Å². The second kappa shape index (κ2) is 3.37. The minimum absolute atomic E-state index is 0.154. The summed E-state index contributed by atoms with van der Waals surface area (Å²) in [4.78, 5) is 20.5. The highest BCUT2D eigenvalue weighted by atomic mass is 16.6. The van der Waals surface area contributed by atoms with Crippen LogP contribution >= 0.6 is 0 Å². The normalized spacial score (nSPS) is 18.2. The van der Waals surface area contributed by atoms with Crippen molar-refractivity contribution < 1.29 is 19.4 Å². The van der Waals surface area contributed by atoms with Gasteiger partial charge in [-0.15, -0.1) is 0 Å². The molecule has 1 saturated carbocycles. The lowest BCUT2D eigenvalue weighted by molar-refractivity contribution is -0.167. The molecule has 1 N–H and O–H groups in total. The number of carboxylic acids is 1. The molecule has 1 aliphatic carbocycles. The molecule has 0 spiro atoms. The van der Waals surface area contributed by atoms with Crippen LogP contribution in [0.4, 0.5) is 0 Å². The van der Waals surface area contributed by atoms with Crippen molar-refractivity contribution in [3.05, 3.63) is 0 Å². The first-order chi connectivity index (χ1) is 5.20. The lowest BCUT2D eigenvalue weighted by Crippen LogP contribution is -2.21. The molecular weight excluding hydrogens is 148 g/mol. The first-order valence-corrected chi connectivity index (χ1v) is 3.64. The van der Waals surface area contributed by atoms with E-state index in [-0.39, 0.29) is 6.10 Å². The third kappa shape index (κ3) is 2.22. The Morgan fingerprint density at radius 1 is 1.27 bits per heavy atom. The van der Waals surface area contributed by atoms with E-state index in [1.54, 1.807) is 0 Å². The molecule has 4 heteroatoms. The van der Waals surface area contributed by atoms with Crippen molar-refractivity contribution >= 4 is 11.9 Å². The van der Waals surface area contributed by atoms with E-state index in [1.165, 1.54) is 0 Å². The van der Waals surface area contributed by atoms with E-state index in [2.05, 4.69) is 4.74 Å². The molecule has 0 aromatic rings. The van der Waals surface area contributed by atoms with Gasteiger partial charge in [0.15, 0.2) is 0 Å². The van der Waals surface area contributed by atoms with Gasteiger partial charge < -0.3 is 9.84 Å². The molecule has 0 amide bonds. The summed E-state index contributed by atoms with van der Waals surface area (Å²) in [6, 6.07) is 0. The van der Waals surface area contributed by atoms with E-state index in [1.807, 2.05) is 0 Å². The molecule has 0 saturated heterocycles. The van der Waals surface area contributed by atoms with Crippen LogP contribution in [-0.4, -0.2) is 23.1 Å². The molecule has 0 aromatic carbocycles. The van der Waals surface area contributed by atoms with Crippen LogP contribution in [0, 0.1) is 0 Å². The lowest BCUT2D eigenvalue weighted by atomic mass is 10.3. The molecule has 0 radical (unpaired) electrons. The predicted molar refractivity (Wildman–Crippen MR) is 36.0 cm³/mol. The highest BCUT2D eigenvalue weighted by Gasteiger charge is 2.22. The third-order valence-corrected chi connectivity index (χ3v) is 1.75. The highest BCUT2D eigenvalue weighted by Crippen LogP contribution is 2.20. The number of carboxylic acid groups (broad SMARTS) is 1. The van der Waals surface area contributed by atoms with Crippen molar-refractivity contribution in [1.29, 1.82) is 0 Å². The van der Waals surface area contributed by atoms with Crippen LogP contribution < -0.4 is 0 Å². The summed E-state index contributed by atoms with van der Waals surface area (Å²) in [6.07, 6.45) is 3.51. The summed E-state index contributed by atoms with van der Waals surface area (Å²) in [5.74, 6) is -2.63. The number of esters is 1. The number of carbonyl (C=O) groups excluding carboxylic acids is 1. The van der Waals surface area contributed by atoms with E-state index in [4.69, 9.17) is 5.11 Å². The zero-order valence-electron chi connectivity index (χ0n) is 6.08. The topological polar surface area (TPSA) is 63.6 Å². The summed E-state index contributed by atoms with van der Waals surface area (Å²) in [5, 5.41) is 8.17. The number of carbonyl (C=O) groups is 2. The zero-order chi connectivity index (χ0) is 8.27. The monoisotopic (exact) mass is 158 g/mol. The SMILES string of the molecule is O=C(O)C(=O)OC1CCCC1. The number of hydrogen-bond donors (Lipinski definition) is 1. The summed E-state index contributed by atoms with van der Waals surface area (Å²) in [6.45, 7) is 0. The van der Waals surface area contributed by atoms with E-state index in [0.29, 0.717) is 0 Å². The Balaban J connectivity index is 2.29. The minimum Gasteiger partial charge on any atom is -0.473 e. The fourth-order valence-electron chi connectivity index (χ4n) is 1.21. The van der Waals surface area contributed by atoms with Gasteiger partial charge in [0.25, 0.3) is 0 Å². The maximum absolute atomic E-state index is 10.5. The molecule has 11 heavy (non-hydrogen) atoms. The quantitative estimate of drug-likeness (QED) is 0.447. The van der Waals surface area contributed by atoms with E-state index >= 15 is 0 Å². The average Bonchev–Trinajstić information content (AvgIpc) is 2.39. The Kier molecular flexibility index (Phi) is 2.46. The van der Waals surface area contributed by atoms with Crippen molar-refractivity contribution in [3.8, 4) is 0 Å². The van der Waals surface area contributed by atoms with Gasteiger partial charge in [0.05, 0.1) is 0 Å². The second-order valence-corrected chi connectivity index (χ2v) is 2.62. The number of ether oxygens (including phenoxy) is 1. The van der Waals surface area contributed by atoms with E-state index < -0.39 is 11.9 Å². The molecule has 62 valence electrons. The Bertz CT molecular complexity index is 169. The van der Waals surface area contributed by atoms with E-state index in [0.717, 1.165) is 25.7 Å². The van der Waals surface area contributed by atoms with E-state index in [9.17, 15) is 9.59 Å². The molecular formula is C7H10O4. The maximum atomic E-state index is 10.5. The fourth-order valence-corrected chi connectivity index (χ4v) is 1.21. The first kappa shape index (κ1) is 8.04. The summed E-state index contributed by atoms with van der Waals surface area (Å²) >= 11 is 0. The van der Waals surface area contributed by atoms with Crippen molar-refractivity contribution in [2.75, 3.05) is 0 Å². The van der Waals surface area contributed by atoms with Gasteiger partial charge in [-0.2, -0.15) is 0 Å². The minimum atomic E-state index is -1.50. The molecule has 0 atom stereocenters. The van der Waals surface area contributed by atoms with Crippen molar-refractivity contribution in [3.63, 3.8) is 0 Å². The van der Waals surface area contributed by atoms with Gasteiger partial charge in [-0.1, -0.05) is 0 Å². The first-order valence-electron chi connectivity index (χ1n) is 3.64. The number of rotatable bonds is 1. The van der Waals surface area contributed by atoms with Crippen LogP contribution in [0.5, 0.6) is 0 Å². The van der Waals surface area contributed by atoms with Crippen LogP contribution in [0.25, 0.3) is 0 Å². The van der Waals surface area contributed by atoms with Gasteiger partial charge in [-0.05, 0) is 25.7 Å². The van der Waals surface area contributed by atoms with Crippen molar-refractivity contribution in [2.45, 2.75) is 31.8 Å². The summed E-state index contributed by atoms with van der Waals surface area (Å²) in [5.41, 5.74) is 0. The van der Waals surface area contributed by atoms with Crippen LogP contribution in [-0.2, 0) is 14.3 Å². The van der Waals surface area contributed by atoms with Gasteiger partial charge >= 0.3 is 11.9 Å². The Labute approximate surface area is 64.2 Å². The lowest BCUT2D eigenvalue weighted by Gasteiger charge is -2.07. The predicted octanol–water partition coefficient (Wildman–Crippen LogP) is 0.557. The van der Waals surface area contributed by atoms with Crippen LogP contribution in [0.15, 0.2) is 0 Å². The summed E-state index contributed by atoms with van der Waals surface area (Å²) in [7, 11) is 0. The molecule has 0 heterocycles. The standard InChI is InChI=1S/C7H10O4/c8-6(9)7(10)11-5-3-1-2-4-5/h5H,1-4H2,(H,8,9).